The fourth-order valence-corrected chi connectivity index (χ4v) is 5.21. The molecule has 2 rings (SSSR count). The average molecular weight is 381 g/mol. The molecule has 3 atom stereocenters. The molecule has 1 N–H and O–H groups in total. The number of carbonyl (C=O) groups is 1. The van der Waals surface area contributed by atoms with E-state index in [-0.39, 0.29) is 31.1 Å². The summed E-state index contributed by atoms with van der Waals surface area (Å²) < 4.78 is 28.8. The molecule has 0 spiro atoms. The second-order valence-electron chi connectivity index (χ2n) is 6.08. The Hall–Kier alpha value is -1.46. The van der Waals surface area contributed by atoms with Crippen LogP contribution < -0.4 is 5.32 Å². The molecular formula is C19H28NO5P. The lowest BCUT2D eigenvalue weighted by Crippen LogP contribution is -2.34. The number of methoxy groups -OCH3 is 1. The zero-order valence-corrected chi connectivity index (χ0v) is 16.5. The number of ether oxygens (including phenoxy) is 1. The third-order valence-corrected chi connectivity index (χ3v) is 6.73. The van der Waals surface area contributed by atoms with Gasteiger partial charge in [0, 0.05) is 6.04 Å². The highest BCUT2D eigenvalue weighted by Crippen LogP contribution is 2.56. The number of nitrogens with one attached hydrogen (secondary N) is 1. The summed E-state index contributed by atoms with van der Waals surface area (Å²) in [5.41, 5.74) is 1.09. The van der Waals surface area contributed by atoms with Gasteiger partial charge in [-0.1, -0.05) is 42.5 Å². The second-order valence-corrected chi connectivity index (χ2v) is 8.30. The van der Waals surface area contributed by atoms with Crippen LogP contribution in [-0.4, -0.2) is 38.1 Å². The SMILES string of the molecule is CCOP(=O)(OCC)[C@@H]1C[C@H](C(=O)OC)[C@H](C/C=C/c2ccccc2)N1. The number of hydrogen-bond donors (Lipinski definition) is 1. The normalized spacial score (nSPS) is 23.4. The molecule has 0 saturated carbocycles. The summed E-state index contributed by atoms with van der Waals surface area (Å²) in [7, 11) is -1.95. The van der Waals surface area contributed by atoms with Crippen LogP contribution in [0.15, 0.2) is 36.4 Å². The first-order valence-corrected chi connectivity index (χ1v) is 10.6. The van der Waals surface area contributed by atoms with Crippen molar-refractivity contribution in [2.75, 3.05) is 20.3 Å². The van der Waals surface area contributed by atoms with Gasteiger partial charge in [-0.2, -0.15) is 0 Å². The number of esters is 1. The molecule has 0 amide bonds. The van der Waals surface area contributed by atoms with E-state index in [1.807, 2.05) is 42.5 Å². The van der Waals surface area contributed by atoms with Gasteiger partial charge in [-0.25, -0.2) is 0 Å². The van der Waals surface area contributed by atoms with Crippen molar-refractivity contribution in [1.29, 1.82) is 0 Å². The van der Waals surface area contributed by atoms with E-state index in [4.69, 9.17) is 13.8 Å². The highest BCUT2D eigenvalue weighted by molar-refractivity contribution is 7.54. The van der Waals surface area contributed by atoms with Crippen LogP contribution in [0.2, 0.25) is 0 Å². The first-order valence-electron chi connectivity index (χ1n) is 8.98. The van der Waals surface area contributed by atoms with Gasteiger partial charge in [0.05, 0.1) is 26.2 Å². The van der Waals surface area contributed by atoms with Crippen LogP contribution in [0.25, 0.3) is 6.08 Å². The Kier molecular flexibility index (Phi) is 8.04. The number of carbonyl (C=O) groups excluding carboxylic acids is 1. The van der Waals surface area contributed by atoms with Gasteiger partial charge in [0.25, 0.3) is 0 Å². The van der Waals surface area contributed by atoms with E-state index >= 15 is 0 Å². The molecule has 6 nitrogen and oxygen atoms in total. The van der Waals surface area contributed by atoms with E-state index in [0.29, 0.717) is 12.8 Å². The lowest BCUT2D eigenvalue weighted by molar-refractivity contribution is -0.145. The number of benzene rings is 1. The Morgan fingerprint density at radius 1 is 1.23 bits per heavy atom. The van der Waals surface area contributed by atoms with Crippen LogP contribution in [0.5, 0.6) is 0 Å². The third-order valence-electron chi connectivity index (χ3n) is 4.37. The molecule has 1 saturated heterocycles. The van der Waals surface area contributed by atoms with Crippen molar-refractivity contribution in [1.82, 2.24) is 5.32 Å². The zero-order chi connectivity index (χ0) is 19.0. The summed E-state index contributed by atoms with van der Waals surface area (Å²) in [6.07, 6.45) is 5.00. The summed E-state index contributed by atoms with van der Waals surface area (Å²) >= 11 is 0. The van der Waals surface area contributed by atoms with E-state index in [1.165, 1.54) is 7.11 Å². The van der Waals surface area contributed by atoms with Crippen molar-refractivity contribution < 1.29 is 23.1 Å². The lowest BCUT2D eigenvalue weighted by Gasteiger charge is -2.23. The standard InChI is InChI=1S/C19H28NO5P/c1-4-24-26(22,25-5-2)18-14-16(19(21)23-3)17(20-18)13-9-12-15-10-7-6-8-11-15/h6-12,16-18,20H,4-5,13-14H2,1-3H3/b12-9+/t16-,17-,18+/m0/s1. The number of hydrogen-bond acceptors (Lipinski definition) is 6. The molecular weight excluding hydrogens is 353 g/mol. The van der Waals surface area contributed by atoms with Gasteiger partial charge < -0.3 is 13.8 Å². The van der Waals surface area contributed by atoms with Crippen LogP contribution in [0.1, 0.15) is 32.3 Å². The summed E-state index contributed by atoms with van der Waals surface area (Å²) in [6, 6.07) is 9.76. The van der Waals surface area contributed by atoms with Crippen LogP contribution in [0.4, 0.5) is 0 Å². The summed E-state index contributed by atoms with van der Waals surface area (Å²) in [4.78, 5) is 12.2. The highest BCUT2D eigenvalue weighted by atomic mass is 31.2. The van der Waals surface area contributed by atoms with Crippen molar-refractivity contribution in [3.8, 4) is 0 Å². The predicted octanol–water partition coefficient (Wildman–Crippen LogP) is 3.83. The zero-order valence-electron chi connectivity index (χ0n) is 15.6. The first kappa shape index (κ1) is 20.8. The molecule has 26 heavy (non-hydrogen) atoms. The minimum Gasteiger partial charge on any atom is -0.469 e. The molecule has 1 aromatic rings. The van der Waals surface area contributed by atoms with E-state index in [2.05, 4.69) is 5.32 Å². The molecule has 144 valence electrons. The summed E-state index contributed by atoms with van der Waals surface area (Å²) in [6.45, 7) is 4.13. The minimum absolute atomic E-state index is 0.179. The Bertz CT molecular complexity index is 639. The summed E-state index contributed by atoms with van der Waals surface area (Å²) in [5, 5.41) is 3.29. The molecule has 0 bridgehead atoms. The van der Waals surface area contributed by atoms with E-state index in [1.54, 1.807) is 13.8 Å². The summed E-state index contributed by atoms with van der Waals surface area (Å²) in [5.74, 6) is -1.21. The van der Waals surface area contributed by atoms with Gasteiger partial charge >= 0.3 is 13.6 Å². The highest BCUT2D eigenvalue weighted by Gasteiger charge is 2.47. The largest absolute Gasteiger partial charge is 0.469 e. The van der Waals surface area contributed by atoms with Crippen molar-refractivity contribution in [2.45, 2.75) is 38.5 Å². The molecule has 0 aromatic heterocycles. The van der Waals surface area contributed by atoms with Crippen molar-refractivity contribution in [2.24, 2.45) is 5.92 Å². The van der Waals surface area contributed by atoms with Crippen LogP contribution in [0.3, 0.4) is 0 Å². The fourth-order valence-electron chi connectivity index (χ4n) is 3.19. The molecule has 0 unspecified atom stereocenters. The van der Waals surface area contributed by atoms with E-state index in [0.717, 1.165) is 5.56 Å². The lowest BCUT2D eigenvalue weighted by atomic mass is 9.98. The maximum absolute atomic E-state index is 13.0. The molecule has 1 aliphatic heterocycles. The van der Waals surface area contributed by atoms with Crippen molar-refractivity contribution >= 4 is 19.6 Å². The Morgan fingerprint density at radius 3 is 2.46 bits per heavy atom. The third kappa shape index (κ3) is 5.27. The molecule has 7 heteroatoms. The monoisotopic (exact) mass is 381 g/mol. The fraction of sp³-hybridized carbons (Fsp3) is 0.526. The molecule has 0 aliphatic carbocycles. The first-order chi connectivity index (χ1) is 12.5. The minimum atomic E-state index is -3.33. The van der Waals surface area contributed by atoms with Gasteiger partial charge in [0.15, 0.2) is 0 Å². The molecule has 1 fully saturated rings. The topological polar surface area (TPSA) is 73.9 Å². The second kappa shape index (κ2) is 10.0. The van der Waals surface area contributed by atoms with Crippen molar-refractivity contribution in [3.63, 3.8) is 0 Å². The van der Waals surface area contributed by atoms with Crippen LogP contribution in [-0.2, 0) is 23.1 Å². The predicted molar refractivity (Wildman–Crippen MR) is 102 cm³/mol. The van der Waals surface area contributed by atoms with Gasteiger partial charge in [0.2, 0.25) is 0 Å². The van der Waals surface area contributed by atoms with Crippen LogP contribution in [0, 0.1) is 5.92 Å². The number of rotatable bonds is 9. The van der Waals surface area contributed by atoms with Gasteiger partial charge in [-0.3, -0.25) is 14.7 Å². The van der Waals surface area contributed by atoms with Gasteiger partial charge in [0.1, 0.15) is 5.78 Å². The Labute approximate surface area is 155 Å². The van der Waals surface area contributed by atoms with Gasteiger partial charge in [-0.05, 0) is 32.3 Å². The Morgan fingerprint density at radius 2 is 1.88 bits per heavy atom. The maximum Gasteiger partial charge on any atom is 0.347 e. The Balaban J connectivity index is 2.11. The van der Waals surface area contributed by atoms with Crippen molar-refractivity contribution in [3.05, 3.63) is 42.0 Å². The van der Waals surface area contributed by atoms with E-state index < -0.39 is 13.4 Å². The molecule has 1 aliphatic rings. The quantitative estimate of drug-likeness (QED) is 0.518. The van der Waals surface area contributed by atoms with Crippen LogP contribution >= 0.6 is 7.60 Å². The average Bonchev–Trinajstić information content (AvgIpc) is 3.07. The smallest absolute Gasteiger partial charge is 0.347 e. The maximum atomic E-state index is 13.0. The molecule has 1 heterocycles. The van der Waals surface area contributed by atoms with E-state index in [9.17, 15) is 9.36 Å². The molecule has 1 aromatic carbocycles. The van der Waals surface area contributed by atoms with Gasteiger partial charge in [-0.15, -0.1) is 0 Å². The molecule has 0 radical (unpaired) electrons.